The predicted octanol–water partition coefficient (Wildman–Crippen LogP) is 9.54. The van der Waals surface area contributed by atoms with Crippen LogP contribution in [-0.2, 0) is 0 Å². The molecule has 0 aromatic heterocycles. The van der Waals surface area contributed by atoms with Gasteiger partial charge in [0.15, 0.2) is 0 Å². The second-order valence-corrected chi connectivity index (χ2v) is 14.6. The van der Waals surface area contributed by atoms with Gasteiger partial charge >= 0.3 is 8.41 Å². The minimum Gasteiger partial charge on any atom is -0.296 e. The van der Waals surface area contributed by atoms with Gasteiger partial charge in [-0.25, -0.2) is 0 Å². The van der Waals surface area contributed by atoms with Crippen LogP contribution in [0.25, 0.3) is 64.6 Å². The Kier molecular flexibility index (Phi) is 5.50. The van der Waals surface area contributed by atoms with Gasteiger partial charge in [-0.1, -0.05) is 146 Å². The largest absolute Gasteiger partial charge is 0.343 e. The summed E-state index contributed by atoms with van der Waals surface area (Å²) in [4.78, 5) is 0. The number of hydrogen-bond donors (Lipinski definition) is 0. The highest BCUT2D eigenvalue weighted by Gasteiger charge is 2.48. The summed E-state index contributed by atoms with van der Waals surface area (Å²) in [6.07, 6.45) is 0. The zero-order chi connectivity index (χ0) is 29.3. The average Bonchev–Trinajstić information content (AvgIpc) is 3.08. The van der Waals surface area contributed by atoms with Crippen molar-refractivity contribution >= 4 is 88.6 Å². The van der Waals surface area contributed by atoms with Crippen molar-refractivity contribution < 1.29 is 4.11 Å². The Morgan fingerprint density at radius 3 is 0.659 bits per heavy atom. The molecule has 0 aliphatic rings. The Balaban J connectivity index is 1.64. The summed E-state index contributed by atoms with van der Waals surface area (Å²) in [7, 11) is -4.36. The number of hydrogen-bond acceptors (Lipinski definition) is 0. The minimum absolute atomic E-state index is 0.828. The van der Waals surface area contributed by atoms with Gasteiger partial charge in [0.2, 0.25) is 0 Å². The number of fused-ring (bicyclic) bond motifs is 6. The Morgan fingerprint density at radius 1 is 0.273 bits per heavy atom. The lowest BCUT2D eigenvalue weighted by Gasteiger charge is -2.32. The van der Waals surface area contributed by atoms with E-state index in [4.69, 9.17) is 0 Å². The van der Waals surface area contributed by atoms with E-state index in [9.17, 15) is 0 Å². The maximum absolute atomic E-state index is 20.5. The van der Waals surface area contributed by atoms with Gasteiger partial charge in [0.05, 0.1) is 0 Å². The molecule has 0 spiro atoms. The summed E-state index contributed by atoms with van der Waals surface area (Å²) in [5.74, 6) is 0. The monoisotopic (exact) mass is 578 g/mol. The fraction of sp³-hybridized carbons (Fsp3) is 0. The van der Waals surface area contributed by atoms with Gasteiger partial charge in [-0.3, -0.25) is 4.11 Å². The zero-order valence-electron chi connectivity index (χ0n) is 24.0. The zero-order valence-corrected chi connectivity index (χ0v) is 25.0. The molecule has 9 aromatic carbocycles. The third-order valence-electron chi connectivity index (χ3n) is 9.35. The van der Waals surface area contributed by atoms with Crippen LogP contribution in [-0.4, -0.2) is 8.41 Å². The van der Waals surface area contributed by atoms with E-state index in [1.54, 1.807) is 0 Å². The third kappa shape index (κ3) is 3.55. The molecule has 44 heavy (non-hydrogen) atoms. The van der Waals surface area contributed by atoms with Gasteiger partial charge in [0, 0.05) is 0 Å². The normalized spacial score (nSPS) is 12.2. The standard InChI is InChI=1S/C42H27FSi/c43-44(40-34-19-7-1-13-28(34)25-29-14-2-8-20-35(29)40,41-36-21-9-3-15-30(36)26-31-16-4-10-22-37(31)41)42-38-23-11-5-17-32(38)27-33-18-6-12-24-39(33)42/h1-27H. The first-order chi connectivity index (χ1) is 21.7. The number of rotatable bonds is 3. The molecule has 0 bridgehead atoms. The van der Waals surface area contributed by atoms with Crippen LogP contribution < -0.4 is 15.6 Å². The predicted molar refractivity (Wildman–Crippen MR) is 190 cm³/mol. The lowest BCUT2D eigenvalue weighted by Crippen LogP contribution is -2.65. The quantitative estimate of drug-likeness (QED) is 0.0848. The van der Waals surface area contributed by atoms with Gasteiger partial charge in [-0.05, 0) is 98.4 Å². The highest BCUT2D eigenvalue weighted by atomic mass is 28.4. The lowest BCUT2D eigenvalue weighted by molar-refractivity contribution is 0.846. The fourth-order valence-corrected chi connectivity index (χ4v) is 11.9. The molecule has 0 aliphatic heterocycles. The van der Waals surface area contributed by atoms with Crippen LogP contribution in [0.15, 0.2) is 164 Å². The van der Waals surface area contributed by atoms with Gasteiger partial charge in [0.25, 0.3) is 0 Å². The summed E-state index contributed by atoms with van der Waals surface area (Å²) < 4.78 is 20.5. The molecule has 2 heteroatoms. The van der Waals surface area contributed by atoms with Crippen molar-refractivity contribution in [2.45, 2.75) is 0 Å². The van der Waals surface area contributed by atoms with Crippen molar-refractivity contribution in [2.24, 2.45) is 0 Å². The number of benzene rings is 9. The first kappa shape index (κ1) is 25.2. The Labute approximate surface area is 255 Å². The lowest BCUT2D eigenvalue weighted by atomic mass is 10.0. The molecular formula is C42H27FSi. The van der Waals surface area contributed by atoms with E-state index in [-0.39, 0.29) is 0 Å². The van der Waals surface area contributed by atoms with Gasteiger partial charge in [0.1, 0.15) is 0 Å². The van der Waals surface area contributed by atoms with Crippen molar-refractivity contribution in [3.05, 3.63) is 164 Å². The van der Waals surface area contributed by atoms with Crippen LogP contribution >= 0.6 is 0 Å². The summed E-state index contributed by atoms with van der Waals surface area (Å²) in [6.45, 7) is 0. The van der Waals surface area contributed by atoms with E-state index < -0.39 is 8.41 Å². The first-order valence-electron chi connectivity index (χ1n) is 15.1. The SMILES string of the molecule is F[Si](c1c2ccccc2cc2ccccc12)(c1c2ccccc2cc2ccccc12)c1c2ccccc2cc2ccccc12. The molecule has 0 heterocycles. The molecule has 0 unspecified atom stereocenters. The minimum atomic E-state index is -4.36. The van der Waals surface area contributed by atoms with Crippen LogP contribution in [0, 0.1) is 0 Å². The van der Waals surface area contributed by atoms with Crippen molar-refractivity contribution in [1.29, 1.82) is 0 Å². The molecule has 0 N–H and O–H groups in total. The highest BCUT2D eigenvalue weighted by Crippen LogP contribution is 2.33. The molecule has 206 valence electrons. The molecule has 9 rings (SSSR count). The van der Waals surface area contributed by atoms with E-state index in [0.717, 1.165) is 80.2 Å². The van der Waals surface area contributed by atoms with Crippen LogP contribution in [0.2, 0.25) is 0 Å². The van der Waals surface area contributed by atoms with Crippen molar-refractivity contribution in [3.63, 3.8) is 0 Å². The van der Waals surface area contributed by atoms with E-state index in [1.165, 1.54) is 0 Å². The first-order valence-corrected chi connectivity index (χ1v) is 17.0. The number of halogens is 1. The molecule has 9 aromatic rings. The second-order valence-electron chi connectivity index (χ2n) is 11.7. The van der Waals surface area contributed by atoms with Gasteiger partial charge in [-0.15, -0.1) is 0 Å². The van der Waals surface area contributed by atoms with E-state index in [0.29, 0.717) is 0 Å². The molecule has 0 amide bonds. The summed E-state index contributed by atoms with van der Waals surface area (Å²) in [5.41, 5.74) is 0. The average molecular weight is 579 g/mol. The van der Waals surface area contributed by atoms with Gasteiger partial charge < -0.3 is 0 Å². The Bertz CT molecular complexity index is 2130. The van der Waals surface area contributed by atoms with Crippen LogP contribution in [0.3, 0.4) is 0 Å². The topological polar surface area (TPSA) is 0 Å². The molecule has 0 saturated heterocycles. The van der Waals surface area contributed by atoms with Crippen LogP contribution in [0.4, 0.5) is 4.11 Å². The summed E-state index contributed by atoms with van der Waals surface area (Å²) in [6, 6.07) is 56.8. The molecule has 0 aliphatic carbocycles. The smallest absolute Gasteiger partial charge is 0.296 e. The maximum Gasteiger partial charge on any atom is 0.343 e. The Hall–Kier alpha value is -5.31. The summed E-state index contributed by atoms with van der Waals surface area (Å²) >= 11 is 0. The Morgan fingerprint density at radius 2 is 0.455 bits per heavy atom. The molecule has 0 fully saturated rings. The van der Waals surface area contributed by atoms with Crippen molar-refractivity contribution in [1.82, 2.24) is 0 Å². The third-order valence-corrected chi connectivity index (χ3v) is 13.0. The maximum atomic E-state index is 20.5. The molecule has 0 radical (unpaired) electrons. The highest BCUT2D eigenvalue weighted by molar-refractivity contribution is 7.13. The van der Waals surface area contributed by atoms with Crippen molar-refractivity contribution in [3.8, 4) is 0 Å². The molecule has 0 nitrogen and oxygen atoms in total. The van der Waals surface area contributed by atoms with E-state index in [1.807, 2.05) is 0 Å². The second kappa shape index (κ2) is 9.60. The van der Waals surface area contributed by atoms with Crippen molar-refractivity contribution in [2.75, 3.05) is 0 Å². The van der Waals surface area contributed by atoms with Crippen LogP contribution in [0.1, 0.15) is 0 Å². The molecular weight excluding hydrogens is 552 g/mol. The van der Waals surface area contributed by atoms with Gasteiger partial charge in [-0.2, -0.15) is 0 Å². The summed E-state index contributed by atoms with van der Waals surface area (Å²) in [5, 5.41) is 14.7. The molecule has 0 atom stereocenters. The van der Waals surface area contributed by atoms with E-state index in [2.05, 4.69) is 164 Å². The molecule has 0 saturated carbocycles. The van der Waals surface area contributed by atoms with Crippen LogP contribution in [0.5, 0.6) is 0 Å². The fourth-order valence-electron chi connectivity index (χ4n) is 7.53. The van der Waals surface area contributed by atoms with E-state index >= 15 is 4.11 Å².